The first-order chi connectivity index (χ1) is 13.1. The van der Waals surface area contributed by atoms with Gasteiger partial charge >= 0.3 is 0 Å². The maximum Gasteiger partial charge on any atom is 0.297 e. The number of aliphatic hydroxyl groups is 1. The van der Waals surface area contributed by atoms with Gasteiger partial charge in [-0.3, -0.25) is 9.36 Å². The lowest BCUT2D eigenvalue weighted by Crippen LogP contribution is -2.29. The van der Waals surface area contributed by atoms with Gasteiger partial charge in [-0.1, -0.05) is 41.9 Å². The second kappa shape index (κ2) is 7.52. The number of furan rings is 1. The fourth-order valence-electron chi connectivity index (χ4n) is 2.95. The van der Waals surface area contributed by atoms with E-state index in [1.165, 1.54) is 10.9 Å². The molecule has 1 unspecified atom stereocenters. The number of nitrogens with zero attached hydrogens (tertiary/aromatic N) is 2. The zero-order valence-electron chi connectivity index (χ0n) is 14.3. The Morgan fingerprint density at radius 1 is 1.19 bits per heavy atom. The van der Waals surface area contributed by atoms with Gasteiger partial charge in [0.05, 0.1) is 32.2 Å². The third kappa shape index (κ3) is 3.60. The van der Waals surface area contributed by atoms with Crippen LogP contribution in [0.4, 0.5) is 0 Å². The molecule has 4 aromatic rings. The van der Waals surface area contributed by atoms with Crippen molar-refractivity contribution in [3.05, 3.63) is 75.8 Å². The number of ether oxygens (including phenoxy) is 1. The van der Waals surface area contributed by atoms with E-state index in [0.717, 1.165) is 10.9 Å². The van der Waals surface area contributed by atoms with Gasteiger partial charge in [0.15, 0.2) is 0 Å². The average molecular weight is 385 g/mol. The Labute approximate surface area is 159 Å². The van der Waals surface area contributed by atoms with Gasteiger partial charge in [0, 0.05) is 10.4 Å². The fraction of sp³-hybridized carbons (Fsp3) is 0.200. The summed E-state index contributed by atoms with van der Waals surface area (Å²) in [5, 5.41) is 11.6. The molecule has 27 heavy (non-hydrogen) atoms. The Bertz CT molecular complexity index is 1150. The summed E-state index contributed by atoms with van der Waals surface area (Å²) in [6.07, 6.45) is 0.554. The zero-order chi connectivity index (χ0) is 18.8. The van der Waals surface area contributed by atoms with Gasteiger partial charge in [0.2, 0.25) is 5.58 Å². The lowest BCUT2D eigenvalue weighted by molar-refractivity contribution is 0.0198. The molecule has 0 saturated carbocycles. The molecule has 0 aliphatic rings. The van der Waals surface area contributed by atoms with Crippen LogP contribution in [0.3, 0.4) is 0 Å². The monoisotopic (exact) mass is 384 g/mol. The molecule has 2 aromatic heterocycles. The van der Waals surface area contributed by atoms with E-state index in [4.69, 9.17) is 20.8 Å². The molecule has 1 atom stereocenters. The van der Waals surface area contributed by atoms with Gasteiger partial charge in [-0.15, -0.1) is 0 Å². The third-order valence-electron chi connectivity index (χ3n) is 4.28. The number of halogens is 1. The molecule has 0 spiro atoms. The SMILES string of the molecule is O=c1c2oc3ccccc3c2ncn1CC(O)COCc1ccccc1Cl. The molecular formula is C20H17ClN2O4. The first-order valence-electron chi connectivity index (χ1n) is 8.49. The topological polar surface area (TPSA) is 77.5 Å². The number of fused-ring (bicyclic) bond motifs is 3. The summed E-state index contributed by atoms with van der Waals surface area (Å²) in [6, 6.07) is 14.7. The van der Waals surface area contributed by atoms with Crippen LogP contribution in [-0.2, 0) is 17.9 Å². The molecule has 138 valence electrons. The van der Waals surface area contributed by atoms with Crippen LogP contribution in [0.1, 0.15) is 5.56 Å². The van der Waals surface area contributed by atoms with Gasteiger partial charge in [-0.05, 0) is 23.8 Å². The Hall–Kier alpha value is -2.67. The van der Waals surface area contributed by atoms with Crippen LogP contribution in [0.25, 0.3) is 22.1 Å². The highest BCUT2D eigenvalue weighted by Gasteiger charge is 2.15. The lowest BCUT2D eigenvalue weighted by atomic mass is 10.2. The Morgan fingerprint density at radius 2 is 1.96 bits per heavy atom. The summed E-state index contributed by atoms with van der Waals surface area (Å²) in [7, 11) is 0. The molecule has 2 heterocycles. The molecule has 2 aromatic carbocycles. The zero-order valence-corrected chi connectivity index (χ0v) is 15.1. The van der Waals surface area contributed by atoms with Gasteiger partial charge in [0.1, 0.15) is 11.1 Å². The smallest absolute Gasteiger partial charge is 0.297 e. The van der Waals surface area contributed by atoms with Crippen molar-refractivity contribution in [2.75, 3.05) is 6.61 Å². The van der Waals surface area contributed by atoms with Crippen LogP contribution in [0.15, 0.2) is 64.1 Å². The number of aliphatic hydroxyl groups excluding tert-OH is 1. The van der Waals surface area contributed by atoms with Crippen LogP contribution in [-0.4, -0.2) is 27.4 Å². The van der Waals surface area contributed by atoms with Crippen molar-refractivity contribution in [3.8, 4) is 0 Å². The van der Waals surface area contributed by atoms with E-state index in [0.29, 0.717) is 16.1 Å². The highest BCUT2D eigenvalue weighted by Crippen LogP contribution is 2.24. The van der Waals surface area contributed by atoms with Crippen LogP contribution in [0.2, 0.25) is 5.02 Å². The first kappa shape index (κ1) is 17.7. The van der Waals surface area contributed by atoms with Crippen molar-refractivity contribution >= 4 is 33.7 Å². The summed E-state index contributed by atoms with van der Waals surface area (Å²) in [4.78, 5) is 17.0. The molecule has 0 aliphatic carbocycles. The maximum atomic E-state index is 12.6. The Kier molecular flexibility index (Phi) is 4.94. The van der Waals surface area contributed by atoms with Gasteiger partial charge < -0.3 is 14.3 Å². The number of benzene rings is 2. The highest BCUT2D eigenvalue weighted by molar-refractivity contribution is 6.31. The van der Waals surface area contributed by atoms with E-state index in [1.807, 2.05) is 36.4 Å². The van der Waals surface area contributed by atoms with E-state index in [9.17, 15) is 9.90 Å². The van der Waals surface area contributed by atoms with Crippen molar-refractivity contribution in [2.45, 2.75) is 19.3 Å². The minimum Gasteiger partial charge on any atom is -0.448 e. The summed E-state index contributed by atoms with van der Waals surface area (Å²) in [6.45, 7) is 0.406. The van der Waals surface area contributed by atoms with Crippen molar-refractivity contribution < 1.29 is 14.3 Å². The summed E-state index contributed by atoms with van der Waals surface area (Å²) < 4.78 is 12.5. The van der Waals surface area contributed by atoms with Crippen molar-refractivity contribution in [2.24, 2.45) is 0 Å². The van der Waals surface area contributed by atoms with Gasteiger partial charge in [-0.25, -0.2) is 4.98 Å². The predicted molar refractivity (Wildman–Crippen MR) is 103 cm³/mol. The van der Waals surface area contributed by atoms with E-state index >= 15 is 0 Å². The number of rotatable bonds is 6. The van der Waals surface area contributed by atoms with E-state index < -0.39 is 6.10 Å². The minimum atomic E-state index is -0.867. The Morgan fingerprint density at radius 3 is 2.81 bits per heavy atom. The minimum absolute atomic E-state index is 0.0569. The molecule has 0 saturated heterocycles. The van der Waals surface area contributed by atoms with E-state index in [2.05, 4.69) is 4.98 Å². The molecule has 0 aliphatic heterocycles. The Balaban J connectivity index is 1.46. The molecule has 7 heteroatoms. The first-order valence-corrected chi connectivity index (χ1v) is 8.87. The number of hydrogen-bond donors (Lipinski definition) is 1. The normalized spacial score (nSPS) is 12.7. The summed E-state index contributed by atoms with van der Waals surface area (Å²) in [5.41, 5.74) is 1.83. The molecule has 4 rings (SSSR count). The van der Waals surface area contributed by atoms with Gasteiger partial charge in [0.25, 0.3) is 5.56 Å². The number of hydrogen-bond acceptors (Lipinski definition) is 5. The predicted octanol–water partition coefficient (Wildman–Crippen LogP) is 3.37. The highest BCUT2D eigenvalue weighted by atomic mass is 35.5. The number of para-hydroxylation sites is 1. The van der Waals surface area contributed by atoms with Crippen molar-refractivity contribution in [3.63, 3.8) is 0 Å². The lowest BCUT2D eigenvalue weighted by Gasteiger charge is -2.13. The third-order valence-corrected chi connectivity index (χ3v) is 4.65. The fourth-order valence-corrected chi connectivity index (χ4v) is 3.14. The molecule has 0 bridgehead atoms. The quantitative estimate of drug-likeness (QED) is 0.551. The standard InChI is InChI=1S/C20H17ClN2O4/c21-16-7-3-1-5-13(16)10-26-11-14(24)9-23-12-22-18-15-6-2-4-8-17(15)27-19(18)20(23)25/h1-8,12,14,24H,9-11H2. The van der Waals surface area contributed by atoms with Crippen molar-refractivity contribution in [1.82, 2.24) is 9.55 Å². The average Bonchev–Trinajstić information content (AvgIpc) is 3.05. The molecule has 1 N–H and O–H groups in total. The second-order valence-corrected chi connectivity index (χ2v) is 6.65. The summed E-state index contributed by atoms with van der Waals surface area (Å²) >= 11 is 6.07. The molecule has 0 radical (unpaired) electrons. The summed E-state index contributed by atoms with van der Waals surface area (Å²) in [5.74, 6) is 0. The maximum absolute atomic E-state index is 12.6. The van der Waals surface area contributed by atoms with E-state index in [1.54, 1.807) is 12.1 Å². The van der Waals surface area contributed by atoms with E-state index in [-0.39, 0.29) is 30.9 Å². The molecule has 0 fully saturated rings. The van der Waals surface area contributed by atoms with Crippen LogP contribution in [0, 0.1) is 0 Å². The van der Waals surface area contributed by atoms with Gasteiger partial charge in [-0.2, -0.15) is 0 Å². The second-order valence-electron chi connectivity index (χ2n) is 6.24. The number of aromatic nitrogens is 2. The molecule has 0 amide bonds. The van der Waals surface area contributed by atoms with Crippen LogP contribution < -0.4 is 5.56 Å². The van der Waals surface area contributed by atoms with Crippen LogP contribution in [0.5, 0.6) is 0 Å². The molecule has 6 nitrogen and oxygen atoms in total. The largest absolute Gasteiger partial charge is 0.448 e. The van der Waals surface area contributed by atoms with Crippen molar-refractivity contribution in [1.29, 1.82) is 0 Å². The van der Waals surface area contributed by atoms with Crippen LogP contribution >= 0.6 is 11.6 Å². The molecular weight excluding hydrogens is 368 g/mol.